The molecule has 0 unspecified atom stereocenters. The van der Waals surface area contributed by atoms with Gasteiger partial charge in [-0.25, -0.2) is 4.39 Å². The Hall–Kier alpha value is -2.00. The van der Waals surface area contributed by atoms with Gasteiger partial charge in [0, 0.05) is 44.4 Å². The SMILES string of the molecule is CCOC[C@H](O)CN(Cc1c(-c2ccccc2F)noc1N1CCOCC1)C1CC1. The van der Waals surface area contributed by atoms with Gasteiger partial charge in [0.05, 0.1) is 31.5 Å². The van der Waals surface area contributed by atoms with E-state index in [2.05, 4.69) is 15.0 Å². The molecule has 2 aliphatic rings. The zero-order valence-electron chi connectivity index (χ0n) is 17.4. The second-order valence-corrected chi connectivity index (χ2v) is 7.87. The van der Waals surface area contributed by atoms with Crippen LogP contribution in [-0.2, 0) is 16.0 Å². The van der Waals surface area contributed by atoms with Crippen LogP contribution in [0.4, 0.5) is 10.3 Å². The standard InChI is InChI=1S/C22H30FN3O4/c1-2-28-15-17(27)13-26(16-7-8-16)14-19-21(18-5-3-4-6-20(18)23)24-30-22(19)25-9-11-29-12-10-25/h3-6,16-17,27H,2,7-15H2,1H3/t17-/m1/s1. The van der Waals surface area contributed by atoms with Crippen LogP contribution in [0.1, 0.15) is 25.3 Å². The number of nitrogens with zero attached hydrogens (tertiary/aromatic N) is 3. The summed E-state index contributed by atoms with van der Waals surface area (Å²) in [5.41, 5.74) is 1.82. The van der Waals surface area contributed by atoms with Gasteiger partial charge < -0.3 is 24.0 Å². The Morgan fingerprint density at radius 2 is 2.07 bits per heavy atom. The number of hydrogen-bond donors (Lipinski definition) is 1. The topological polar surface area (TPSA) is 71.2 Å². The predicted octanol–water partition coefficient (Wildman–Crippen LogP) is 2.68. The van der Waals surface area contributed by atoms with Crippen LogP contribution in [0.25, 0.3) is 11.3 Å². The highest BCUT2D eigenvalue weighted by atomic mass is 19.1. The molecule has 2 fully saturated rings. The molecule has 164 valence electrons. The normalized spacial score (nSPS) is 18.2. The molecule has 1 aliphatic carbocycles. The van der Waals surface area contributed by atoms with Gasteiger partial charge in [-0.2, -0.15) is 0 Å². The maximum absolute atomic E-state index is 14.6. The maximum Gasteiger partial charge on any atom is 0.232 e. The molecule has 1 aromatic heterocycles. The van der Waals surface area contributed by atoms with E-state index in [4.69, 9.17) is 14.0 Å². The second kappa shape index (κ2) is 9.87. The van der Waals surface area contributed by atoms with Crippen LogP contribution in [0.2, 0.25) is 0 Å². The van der Waals surface area contributed by atoms with E-state index in [9.17, 15) is 9.50 Å². The minimum Gasteiger partial charge on any atom is -0.389 e. The molecule has 30 heavy (non-hydrogen) atoms. The molecular formula is C22H30FN3O4. The van der Waals surface area contributed by atoms with E-state index in [-0.39, 0.29) is 5.82 Å². The second-order valence-electron chi connectivity index (χ2n) is 7.87. The van der Waals surface area contributed by atoms with Crippen LogP contribution in [0.15, 0.2) is 28.8 Å². The monoisotopic (exact) mass is 419 g/mol. The summed E-state index contributed by atoms with van der Waals surface area (Å²) in [7, 11) is 0. The van der Waals surface area contributed by atoms with Crippen molar-refractivity contribution in [2.24, 2.45) is 0 Å². The molecule has 0 radical (unpaired) electrons. The van der Waals surface area contributed by atoms with Gasteiger partial charge in [-0.15, -0.1) is 0 Å². The zero-order valence-corrected chi connectivity index (χ0v) is 17.4. The van der Waals surface area contributed by atoms with Crippen molar-refractivity contribution in [3.63, 3.8) is 0 Å². The van der Waals surface area contributed by atoms with Crippen molar-refractivity contribution < 1.29 is 23.5 Å². The van der Waals surface area contributed by atoms with Crippen LogP contribution < -0.4 is 4.90 Å². The van der Waals surface area contributed by atoms with E-state index in [1.54, 1.807) is 18.2 Å². The first-order chi connectivity index (χ1) is 14.7. The summed E-state index contributed by atoms with van der Waals surface area (Å²) in [6.07, 6.45) is 1.61. The Bertz CT molecular complexity index is 820. The molecule has 1 saturated carbocycles. The van der Waals surface area contributed by atoms with Crippen molar-refractivity contribution in [3.8, 4) is 11.3 Å². The highest BCUT2D eigenvalue weighted by molar-refractivity contribution is 5.69. The van der Waals surface area contributed by atoms with Gasteiger partial charge in [-0.1, -0.05) is 17.3 Å². The fraction of sp³-hybridized carbons (Fsp3) is 0.591. The summed E-state index contributed by atoms with van der Waals surface area (Å²) in [4.78, 5) is 4.35. The van der Waals surface area contributed by atoms with Gasteiger partial charge in [-0.3, -0.25) is 4.90 Å². The van der Waals surface area contributed by atoms with Gasteiger partial charge >= 0.3 is 0 Å². The molecular weight excluding hydrogens is 389 g/mol. The minimum atomic E-state index is -0.575. The van der Waals surface area contributed by atoms with Crippen molar-refractivity contribution in [1.29, 1.82) is 0 Å². The molecule has 1 saturated heterocycles. The van der Waals surface area contributed by atoms with Crippen molar-refractivity contribution in [2.45, 2.75) is 38.5 Å². The number of morpholine rings is 1. The van der Waals surface area contributed by atoms with E-state index in [1.165, 1.54) is 6.07 Å². The predicted molar refractivity (Wildman–Crippen MR) is 111 cm³/mol. The van der Waals surface area contributed by atoms with E-state index in [0.29, 0.717) is 75.8 Å². The number of ether oxygens (including phenoxy) is 2. The van der Waals surface area contributed by atoms with E-state index in [1.807, 2.05) is 6.92 Å². The van der Waals surface area contributed by atoms with E-state index in [0.717, 1.165) is 18.4 Å². The van der Waals surface area contributed by atoms with Gasteiger partial charge in [-0.05, 0) is 31.9 Å². The smallest absolute Gasteiger partial charge is 0.232 e. The third-order valence-corrected chi connectivity index (χ3v) is 5.58. The molecule has 0 amide bonds. The summed E-state index contributed by atoms with van der Waals surface area (Å²) in [5.74, 6) is 0.344. The number of aromatic nitrogens is 1. The Balaban J connectivity index is 1.63. The number of benzene rings is 1. The Morgan fingerprint density at radius 1 is 1.30 bits per heavy atom. The fourth-order valence-corrected chi connectivity index (χ4v) is 3.89. The number of hydrogen-bond acceptors (Lipinski definition) is 7. The highest BCUT2D eigenvalue weighted by Crippen LogP contribution is 2.37. The summed E-state index contributed by atoms with van der Waals surface area (Å²) in [6.45, 7) is 6.47. The third-order valence-electron chi connectivity index (χ3n) is 5.58. The molecule has 1 N–H and O–H groups in total. The zero-order chi connectivity index (χ0) is 20.9. The molecule has 4 rings (SSSR count). The Morgan fingerprint density at radius 3 is 2.77 bits per heavy atom. The molecule has 2 heterocycles. The number of aliphatic hydroxyl groups is 1. The van der Waals surface area contributed by atoms with Crippen LogP contribution in [0, 0.1) is 5.82 Å². The van der Waals surface area contributed by atoms with Gasteiger partial charge in [0.25, 0.3) is 0 Å². The number of anilines is 1. The van der Waals surface area contributed by atoms with Crippen molar-refractivity contribution in [1.82, 2.24) is 10.1 Å². The van der Waals surface area contributed by atoms with Crippen molar-refractivity contribution in [3.05, 3.63) is 35.6 Å². The average Bonchev–Trinajstić information content (AvgIpc) is 3.54. The molecule has 8 heteroatoms. The molecule has 7 nitrogen and oxygen atoms in total. The summed E-state index contributed by atoms with van der Waals surface area (Å²) < 4.78 is 31.2. The molecule has 2 aromatic rings. The number of rotatable bonds is 10. The van der Waals surface area contributed by atoms with Gasteiger partial charge in [0.1, 0.15) is 11.5 Å². The van der Waals surface area contributed by atoms with Gasteiger partial charge in [0.15, 0.2) is 0 Å². The highest BCUT2D eigenvalue weighted by Gasteiger charge is 2.34. The lowest BCUT2D eigenvalue weighted by molar-refractivity contribution is 0.0179. The summed E-state index contributed by atoms with van der Waals surface area (Å²) >= 11 is 0. The maximum atomic E-state index is 14.6. The number of aliphatic hydroxyl groups excluding tert-OH is 1. The average molecular weight is 419 g/mol. The first kappa shape index (κ1) is 21.2. The van der Waals surface area contributed by atoms with Crippen LogP contribution in [-0.4, -0.2) is 73.4 Å². The van der Waals surface area contributed by atoms with E-state index >= 15 is 0 Å². The lowest BCUT2D eigenvalue weighted by Gasteiger charge is -2.29. The Labute approximate surface area is 176 Å². The quantitative estimate of drug-likeness (QED) is 0.635. The van der Waals surface area contributed by atoms with Crippen LogP contribution in [0.5, 0.6) is 0 Å². The first-order valence-corrected chi connectivity index (χ1v) is 10.7. The molecule has 1 aromatic carbocycles. The summed E-state index contributed by atoms with van der Waals surface area (Å²) in [6, 6.07) is 7.04. The van der Waals surface area contributed by atoms with Crippen molar-refractivity contribution in [2.75, 3.05) is 51.0 Å². The van der Waals surface area contributed by atoms with Crippen LogP contribution in [0.3, 0.4) is 0 Å². The molecule has 0 bridgehead atoms. The molecule has 0 spiro atoms. The van der Waals surface area contributed by atoms with Crippen LogP contribution >= 0.6 is 0 Å². The fourth-order valence-electron chi connectivity index (χ4n) is 3.89. The minimum absolute atomic E-state index is 0.305. The lowest BCUT2D eigenvalue weighted by atomic mass is 10.1. The summed E-state index contributed by atoms with van der Waals surface area (Å²) in [5, 5.41) is 14.7. The Kier molecular flexibility index (Phi) is 6.99. The molecule has 1 atom stereocenters. The largest absolute Gasteiger partial charge is 0.389 e. The van der Waals surface area contributed by atoms with E-state index < -0.39 is 6.10 Å². The molecule has 1 aliphatic heterocycles. The van der Waals surface area contributed by atoms with Crippen molar-refractivity contribution >= 4 is 5.88 Å². The number of halogens is 1. The first-order valence-electron chi connectivity index (χ1n) is 10.7. The lowest BCUT2D eigenvalue weighted by Crippen LogP contribution is -2.38. The van der Waals surface area contributed by atoms with Gasteiger partial charge in [0.2, 0.25) is 5.88 Å². The third kappa shape index (κ3) is 5.00.